The first-order valence-corrected chi connectivity index (χ1v) is 7.59. The summed E-state index contributed by atoms with van der Waals surface area (Å²) in [6, 6.07) is 12.9. The Balaban J connectivity index is 1.76. The molecule has 1 atom stereocenters. The lowest BCUT2D eigenvalue weighted by Crippen LogP contribution is -2.18. The van der Waals surface area contributed by atoms with Gasteiger partial charge < -0.3 is 10.3 Å². The molecule has 0 amide bonds. The molecule has 0 radical (unpaired) electrons. The number of pyridine rings is 1. The van der Waals surface area contributed by atoms with Crippen molar-refractivity contribution in [3.63, 3.8) is 0 Å². The Hall–Kier alpha value is -2.13. The molecule has 0 aliphatic heterocycles. The minimum absolute atomic E-state index is 0.209. The highest BCUT2D eigenvalue weighted by Gasteiger charge is 2.20. The molecule has 0 saturated heterocycles. The maximum absolute atomic E-state index is 6.22. The summed E-state index contributed by atoms with van der Waals surface area (Å²) in [4.78, 5) is 4.55. The third-order valence-electron chi connectivity index (χ3n) is 4.50. The number of nitrogens with two attached hydrogens (primary N) is 1. The van der Waals surface area contributed by atoms with E-state index < -0.39 is 0 Å². The summed E-state index contributed by atoms with van der Waals surface area (Å²) in [6.45, 7) is 0.871. The number of nitrogens with zero attached hydrogens (tertiary/aromatic N) is 2. The molecule has 2 N–H and O–H groups in total. The van der Waals surface area contributed by atoms with E-state index in [1.165, 1.54) is 28.6 Å². The third kappa shape index (κ3) is 2.14. The number of para-hydroxylation sites is 1. The van der Waals surface area contributed by atoms with Crippen molar-refractivity contribution in [2.45, 2.75) is 31.8 Å². The molecule has 3 nitrogen and oxygen atoms in total. The smallest absolute Gasteiger partial charge is 0.0751 e. The van der Waals surface area contributed by atoms with Gasteiger partial charge in [-0.25, -0.2) is 0 Å². The lowest BCUT2D eigenvalue weighted by Gasteiger charge is -2.21. The van der Waals surface area contributed by atoms with Gasteiger partial charge in [-0.2, -0.15) is 0 Å². The fraction of sp³-hybridized carbons (Fsp3) is 0.278. The van der Waals surface area contributed by atoms with Gasteiger partial charge in [0.1, 0.15) is 0 Å². The van der Waals surface area contributed by atoms with Crippen molar-refractivity contribution in [1.29, 1.82) is 0 Å². The first kappa shape index (κ1) is 12.6. The first-order valence-electron chi connectivity index (χ1n) is 7.59. The average molecular weight is 277 g/mol. The van der Waals surface area contributed by atoms with Crippen molar-refractivity contribution in [2.75, 3.05) is 0 Å². The van der Waals surface area contributed by atoms with Crippen LogP contribution in [0.4, 0.5) is 0 Å². The van der Waals surface area contributed by atoms with Gasteiger partial charge in [-0.05, 0) is 42.5 Å². The predicted molar refractivity (Wildman–Crippen MR) is 85.1 cm³/mol. The van der Waals surface area contributed by atoms with Crippen LogP contribution in [0.3, 0.4) is 0 Å². The summed E-state index contributed by atoms with van der Waals surface area (Å²) >= 11 is 0. The molecule has 1 aliphatic rings. The summed E-state index contributed by atoms with van der Waals surface area (Å²) < 4.78 is 2.35. The lowest BCUT2D eigenvalue weighted by atomic mass is 9.93. The van der Waals surface area contributed by atoms with Crippen LogP contribution in [-0.2, 0) is 13.0 Å². The number of hydrogen-bond acceptors (Lipinski definition) is 2. The van der Waals surface area contributed by atoms with E-state index in [1.807, 2.05) is 12.3 Å². The molecule has 0 spiro atoms. The van der Waals surface area contributed by atoms with E-state index in [1.54, 1.807) is 0 Å². The maximum Gasteiger partial charge on any atom is 0.0751 e. The molecule has 2 heterocycles. The van der Waals surface area contributed by atoms with Crippen LogP contribution in [0.25, 0.3) is 10.9 Å². The topological polar surface area (TPSA) is 43.8 Å². The normalized spacial score (nSPS) is 17.9. The van der Waals surface area contributed by atoms with Gasteiger partial charge in [0.2, 0.25) is 0 Å². The van der Waals surface area contributed by atoms with E-state index >= 15 is 0 Å². The minimum atomic E-state index is 0.209. The molecule has 1 aliphatic carbocycles. The van der Waals surface area contributed by atoms with Gasteiger partial charge >= 0.3 is 0 Å². The molecular formula is C18H19N3. The van der Waals surface area contributed by atoms with Crippen molar-refractivity contribution in [3.05, 3.63) is 65.6 Å². The van der Waals surface area contributed by atoms with E-state index in [-0.39, 0.29) is 6.04 Å². The molecule has 3 aromatic rings. The quantitative estimate of drug-likeness (QED) is 0.780. The highest BCUT2D eigenvalue weighted by Crippen LogP contribution is 2.29. The van der Waals surface area contributed by atoms with E-state index in [9.17, 15) is 0 Å². The number of benzene rings is 1. The van der Waals surface area contributed by atoms with E-state index in [2.05, 4.69) is 46.1 Å². The summed E-state index contributed by atoms with van der Waals surface area (Å²) in [7, 11) is 0. The lowest BCUT2D eigenvalue weighted by molar-refractivity contribution is 0.548. The van der Waals surface area contributed by atoms with Gasteiger partial charge in [-0.15, -0.1) is 0 Å². The second-order valence-corrected chi connectivity index (χ2v) is 5.84. The third-order valence-corrected chi connectivity index (χ3v) is 4.50. The van der Waals surface area contributed by atoms with Crippen molar-refractivity contribution in [2.24, 2.45) is 5.73 Å². The zero-order valence-corrected chi connectivity index (χ0v) is 12.0. The van der Waals surface area contributed by atoms with Gasteiger partial charge in [-0.1, -0.05) is 24.3 Å². The van der Waals surface area contributed by atoms with Crippen LogP contribution in [0.5, 0.6) is 0 Å². The molecule has 2 aromatic heterocycles. The molecule has 0 bridgehead atoms. The summed E-state index contributed by atoms with van der Waals surface area (Å²) in [5.74, 6) is 0. The zero-order valence-electron chi connectivity index (χ0n) is 12.0. The Morgan fingerprint density at radius 3 is 3.05 bits per heavy atom. The average Bonchev–Trinajstić information content (AvgIpc) is 2.92. The van der Waals surface area contributed by atoms with Crippen LogP contribution in [0, 0.1) is 0 Å². The van der Waals surface area contributed by atoms with Crippen molar-refractivity contribution >= 4 is 10.9 Å². The van der Waals surface area contributed by atoms with Crippen molar-refractivity contribution in [1.82, 2.24) is 9.55 Å². The van der Waals surface area contributed by atoms with E-state index in [0.29, 0.717) is 0 Å². The molecule has 0 fully saturated rings. The fourth-order valence-electron chi connectivity index (χ4n) is 3.42. The monoisotopic (exact) mass is 277 g/mol. The Morgan fingerprint density at radius 1 is 1.19 bits per heavy atom. The largest absolute Gasteiger partial charge is 0.347 e. The SMILES string of the molecule is NC1CCCc2c1ccn2Cc1cccc2cccnc12. The highest BCUT2D eigenvalue weighted by atomic mass is 15.0. The Kier molecular flexibility index (Phi) is 3.00. The molecule has 21 heavy (non-hydrogen) atoms. The summed E-state index contributed by atoms with van der Waals surface area (Å²) in [5.41, 5.74) is 11.3. The number of fused-ring (bicyclic) bond motifs is 2. The van der Waals surface area contributed by atoms with Crippen molar-refractivity contribution in [3.8, 4) is 0 Å². The standard InChI is InChI=1S/C18H19N3/c19-16-7-2-8-17-15(16)9-11-21(17)12-14-5-1-4-13-6-3-10-20-18(13)14/h1,3-6,9-11,16H,2,7-8,12,19H2. The second kappa shape index (κ2) is 5.01. The number of aromatic nitrogens is 2. The molecule has 1 aromatic carbocycles. The number of rotatable bonds is 2. The van der Waals surface area contributed by atoms with Gasteiger partial charge in [0.15, 0.2) is 0 Å². The predicted octanol–water partition coefficient (Wildman–Crippen LogP) is 3.42. The van der Waals surface area contributed by atoms with Gasteiger partial charge in [0, 0.05) is 36.1 Å². The molecule has 0 saturated carbocycles. The highest BCUT2D eigenvalue weighted by molar-refractivity contribution is 5.81. The molecular weight excluding hydrogens is 258 g/mol. The van der Waals surface area contributed by atoms with Gasteiger partial charge in [0.25, 0.3) is 0 Å². The second-order valence-electron chi connectivity index (χ2n) is 5.84. The van der Waals surface area contributed by atoms with Gasteiger partial charge in [-0.3, -0.25) is 4.98 Å². The van der Waals surface area contributed by atoms with E-state index in [4.69, 9.17) is 5.73 Å². The minimum Gasteiger partial charge on any atom is -0.347 e. The Labute approximate surface area is 124 Å². The van der Waals surface area contributed by atoms with Crippen LogP contribution in [0.1, 0.15) is 35.7 Å². The molecule has 4 rings (SSSR count). The first-order chi connectivity index (χ1) is 10.3. The summed E-state index contributed by atoms with van der Waals surface area (Å²) in [5, 5.41) is 1.20. The Bertz CT molecular complexity index is 783. The Morgan fingerprint density at radius 2 is 2.10 bits per heavy atom. The van der Waals surface area contributed by atoms with Crippen molar-refractivity contribution < 1.29 is 0 Å². The number of hydrogen-bond donors (Lipinski definition) is 1. The van der Waals surface area contributed by atoms with Gasteiger partial charge in [0.05, 0.1) is 5.52 Å². The van der Waals surface area contributed by atoms with Crippen LogP contribution in [0.2, 0.25) is 0 Å². The maximum atomic E-state index is 6.22. The molecule has 106 valence electrons. The molecule has 1 unspecified atom stereocenters. The van der Waals surface area contributed by atoms with Crippen LogP contribution >= 0.6 is 0 Å². The van der Waals surface area contributed by atoms with E-state index in [0.717, 1.165) is 24.9 Å². The van der Waals surface area contributed by atoms with Crippen LogP contribution in [0.15, 0.2) is 48.8 Å². The fourth-order valence-corrected chi connectivity index (χ4v) is 3.42. The van der Waals surface area contributed by atoms with Crippen LogP contribution < -0.4 is 5.73 Å². The summed E-state index contributed by atoms with van der Waals surface area (Å²) in [6.07, 6.45) is 7.47. The zero-order chi connectivity index (χ0) is 14.2. The van der Waals surface area contributed by atoms with Crippen LogP contribution in [-0.4, -0.2) is 9.55 Å². The molecule has 3 heteroatoms.